The van der Waals surface area contributed by atoms with Crippen LogP contribution in [0, 0.1) is 0 Å². The van der Waals surface area contributed by atoms with Crippen molar-refractivity contribution in [2.24, 2.45) is 0 Å². The number of aromatic nitrogens is 4. The quantitative estimate of drug-likeness (QED) is 0.184. The number of aromatic amines is 2. The molecule has 2 aliphatic rings. The van der Waals surface area contributed by atoms with Crippen LogP contribution in [0.25, 0.3) is 90.9 Å². The van der Waals surface area contributed by atoms with Gasteiger partial charge in [-0.15, -0.1) is 0 Å². The van der Waals surface area contributed by atoms with Crippen LogP contribution in [0.4, 0.5) is 0 Å². The van der Waals surface area contributed by atoms with Gasteiger partial charge in [0, 0.05) is 44.3 Å². The third kappa shape index (κ3) is 5.47. The smallest absolute Gasteiger partial charge is 0.161 e. The molecule has 52 heavy (non-hydrogen) atoms. The monoisotopic (exact) mass is 674 g/mol. The highest BCUT2D eigenvalue weighted by Crippen LogP contribution is 2.40. The van der Waals surface area contributed by atoms with Crippen LogP contribution >= 0.6 is 0 Å². The lowest BCUT2D eigenvalue weighted by molar-refractivity contribution is 0.355. The van der Waals surface area contributed by atoms with Gasteiger partial charge in [0.2, 0.25) is 0 Å². The van der Waals surface area contributed by atoms with Crippen LogP contribution in [0.1, 0.15) is 22.8 Å². The van der Waals surface area contributed by atoms with Crippen molar-refractivity contribution in [3.63, 3.8) is 0 Å². The lowest BCUT2D eigenvalue weighted by Crippen LogP contribution is -1.92. The lowest BCUT2D eigenvalue weighted by atomic mass is 10.0. The zero-order valence-corrected chi connectivity index (χ0v) is 28.7. The lowest BCUT2D eigenvalue weighted by Gasteiger charge is -2.11. The van der Waals surface area contributed by atoms with Gasteiger partial charge in [-0.3, -0.25) is 0 Å². The van der Waals surface area contributed by atoms with Gasteiger partial charge in [0.1, 0.15) is 0 Å². The van der Waals surface area contributed by atoms with Crippen LogP contribution in [0.3, 0.4) is 0 Å². The Hall–Kier alpha value is -6.92. The average molecular weight is 675 g/mol. The van der Waals surface area contributed by atoms with Crippen LogP contribution in [0.2, 0.25) is 0 Å². The molecule has 0 atom stereocenters. The molecule has 0 aliphatic carbocycles. The summed E-state index contributed by atoms with van der Waals surface area (Å²) in [7, 11) is 3.31. The van der Waals surface area contributed by atoms with Gasteiger partial charge in [-0.1, -0.05) is 97.1 Å². The van der Waals surface area contributed by atoms with Gasteiger partial charge in [0.15, 0.2) is 11.5 Å². The molecule has 0 saturated carbocycles. The van der Waals surface area contributed by atoms with Gasteiger partial charge < -0.3 is 19.4 Å². The second-order valence-electron chi connectivity index (χ2n) is 12.7. The highest BCUT2D eigenvalue weighted by Gasteiger charge is 2.19. The van der Waals surface area contributed by atoms with Crippen LogP contribution in [0.5, 0.6) is 11.5 Å². The van der Waals surface area contributed by atoms with E-state index < -0.39 is 0 Å². The number of rotatable bonds is 6. The van der Waals surface area contributed by atoms with Crippen molar-refractivity contribution in [3.05, 3.63) is 156 Å². The molecular formula is C46H34N4O2. The number of nitrogens with one attached hydrogen (secondary N) is 2. The number of hydrogen-bond acceptors (Lipinski definition) is 4. The minimum atomic E-state index is 0.643. The van der Waals surface area contributed by atoms with E-state index in [0.29, 0.717) is 11.5 Å². The summed E-state index contributed by atoms with van der Waals surface area (Å²) in [5.74, 6) is 1.30. The molecule has 250 valence electrons. The van der Waals surface area contributed by atoms with Gasteiger partial charge in [-0.2, -0.15) is 0 Å². The summed E-state index contributed by atoms with van der Waals surface area (Å²) in [4.78, 5) is 18.3. The summed E-state index contributed by atoms with van der Waals surface area (Å²) in [5.41, 5.74) is 15.4. The maximum absolute atomic E-state index is 5.76. The van der Waals surface area contributed by atoms with Gasteiger partial charge in [0.05, 0.1) is 37.0 Å². The van der Waals surface area contributed by atoms with E-state index in [4.69, 9.17) is 19.4 Å². The van der Waals surface area contributed by atoms with Crippen molar-refractivity contribution in [1.82, 2.24) is 19.9 Å². The molecule has 9 rings (SSSR count). The average Bonchev–Trinajstić information content (AvgIpc) is 4.04. The molecule has 4 aromatic carbocycles. The molecule has 2 aliphatic heterocycles. The third-order valence-electron chi connectivity index (χ3n) is 9.61. The van der Waals surface area contributed by atoms with Crippen molar-refractivity contribution in [2.45, 2.75) is 0 Å². The highest BCUT2D eigenvalue weighted by molar-refractivity contribution is 5.99. The Kier molecular flexibility index (Phi) is 7.82. The Bertz CT molecular complexity index is 2650. The van der Waals surface area contributed by atoms with Gasteiger partial charge >= 0.3 is 0 Å². The number of nitrogens with zero attached hydrogens (tertiary/aromatic N) is 2. The van der Waals surface area contributed by atoms with Crippen LogP contribution in [-0.4, -0.2) is 34.2 Å². The first-order chi connectivity index (χ1) is 25.7. The molecule has 0 amide bonds. The van der Waals surface area contributed by atoms with Crippen molar-refractivity contribution in [2.75, 3.05) is 14.2 Å². The fourth-order valence-electron chi connectivity index (χ4n) is 7.23. The van der Waals surface area contributed by atoms with Crippen LogP contribution < -0.4 is 9.47 Å². The SMILES string of the molecule is COc1ccc(-c2c3nc(c(-c4ccccc4)c4ccc([nH]4)c(-c4ccccc4)c4nc(c(-c5ccccc5)c5ccc2[nH]5)C=C4)C=C3)cc1OC. The fourth-order valence-corrected chi connectivity index (χ4v) is 7.23. The molecule has 6 heteroatoms. The maximum atomic E-state index is 5.76. The van der Waals surface area contributed by atoms with E-state index in [1.54, 1.807) is 14.2 Å². The standard InChI is InChI=1S/C46H34N4O2/c1-51-41-27-18-32(28-42(41)52-2)46-39-25-23-37(49-39)44(30-14-8-4-9-15-30)35-21-19-33(47-35)43(29-12-6-3-7-13-29)34-20-22-36(48-34)45(31-16-10-5-11-17-31)38-24-26-40(46)50-38/h3-28,47,50H,1-2H3. The van der Waals surface area contributed by atoms with E-state index >= 15 is 0 Å². The van der Waals surface area contributed by atoms with E-state index in [-0.39, 0.29) is 0 Å². The molecule has 6 nitrogen and oxygen atoms in total. The minimum absolute atomic E-state index is 0.643. The van der Waals surface area contributed by atoms with E-state index in [0.717, 1.165) is 89.4 Å². The summed E-state index contributed by atoms with van der Waals surface area (Å²) < 4.78 is 11.4. The molecule has 5 heterocycles. The Labute approximate surface area is 301 Å². The second-order valence-corrected chi connectivity index (χ2v) is 12.7. The molecule has 2 N–H and O–H groups in total. The van der Waals surface area contributed by atoms with Gasteiger partial charge in [-0.05, 0) is 83.0 Å². The number of fused-ring (bicyclic) bond motifs is 8. The molecule has 0 spiro atoms. The number of H-pyrrole nitrogens is 2. The zero-order valence-electron chi connectivity index (χ0n) is 28.7. The van der Waals surface area contributed by atoms with E-state index in [1.807, 2.05) is 30.3 Å². The predicted molar refractivity (Wildman–Crippen MR) is 214 cm³/mol. The number of ether oxygens (including phenoxy) is 2. The summed E-state index contributed by atoms with van der Waals surface area (Å²) in [6, 6.07) is 45.9. The summed E-state index contributed by atoms with van der Waals surface area (Å²) in [6.07, 6.45) is 8.44. The van der Waals surface area contributed by atoms with E-state index in [9.17, 15) is 0 Å². The topological polar surface area (TPSA) is 75.8 Å². The van der Waals surface area contributed by atoms with Crippen LogP contribution in [-0.2, 0) is 0 Å². The van der Waals surface area contributed by atoms with E-state index in [1.165, 1.54) is 0 Å². The maximum Gasteiger partial charge on any atom is 0.161 e. The number of benzene rings is 4. The molecule has 0 fully saturated rings. The zero-order chi connectivity index (χ0) is 35.0. The first-order valence-electron chi connectivity index (χ1n) is 17.2. The van der Waals surface area contributed by atoms with Crippen LogP contribution in [0.15, 0.2) is 133 Å². The normalized spacial score (nSPS) is 11.9. The third-order valence-corrected chi connectivity index (χ3v) is 9.61. The first kappa shape index (κ1) is 31.1. The summed E-state index contributed by atoms with van der Waals surface area (Å²) >= 11 is 0. The Morgan fingerprint density at radius 2 is 0.712 bits per heavy atom. The molecule has 7 aromatic rings. The molecular weight excluding hydrogens is 641 g/mol. The summed E-state index contributed by atoms with van der Waals surface area (Å²) in [6.45, 7) is 0. The molecule has 0 unspecified atom stereocenters. The van der Waals surface area contributed by atoms with Crippen molar-refractivity contribution in [1.29, 1.82) is 0 Å². The van der Waals surface area contributed by atoms with Gasteiger partial charge in [0.25, 0.3) is 0 Å². The summed E-state index contributed by atoms with van der Waals surface area (Å²) in [5, 5.41) is 0. The predicted octanol–water partition coefficient (Wildman–Crippen LogP) is 11.3. The molecule has 8 bridgehead atoms. The number of methoxy groups -OCH3 is 2. The number of hydrogen-bond donors (Lipinski definition) is 2. The Morgan fingerprint density at radius 3 is 1.06 bits per heavy atom. The molecule has 0 radical (unpaired) electrons. The minimum Gasteiger partial charge on any atom is -0.493 e. The first-order valence-corrected chi connectivity index (χ1v) is 17.2. The van der Waals surface area contributed by atoms with Gasteiger partial charge in [-0.25, -0.2) is 9.97 Å². The Balaban J connectivity index is 1.47. The van der Waals surface area contributed by atoms with Crippen molar-refractivity contribution in [3.8, 4) is 56.0 Å². The highest BCUT2D eigenvalue weighted by atomic mass is 16.5. The van der Waals surface area contributed by atoms with Crippen molar-refractivity contribution < 1.29 is 9.47 Å². The van der Waals surface area contributed by atoms with E-state index in [2.05, 4.69) is 137 Å². The Morgan fingerprint density at radius 1 is 0.365 bits per heavy atom. The van der Waals surface area contributed by atoms with Crippen molar-refractivity contribution >= 4 is 46.4 Å². The second kappa shape index (κ2) is 13.1. The molecule has 3 aromatic heterocycles. The molecule has 0 saturated heterocycles. The fraction of sp³-hybridized carbons (Fsp3) is 0.0435. The largest absolute Gasteiger partial charge is 0.493 e.